The van der Waals surface area contributed by atoms with Gasteiger partial charge in [0.1, 0.15) is 0 Å². The Bertz CT molecular complexity index is 752. The van der Waals surface area contributed by atoms with Crippen LogP contribution in [0.5, 0.6) is 0 Å². The van der Waals surface area contributed by atoms with Gasteiger partial charge in [0, 0.05) is 25.2 Å². The molecule has 1 saturated heterocycles. The third-order valence-electron chi connectivity index (χ3n) is 5.50. The van der Waals surface area contributed by atoms with Crippen LogP contribution in [0.4, 0.5) is 5.69 Å². The second-order valence-corrected chi connectivity index (χ2v) is 9.22. The Labute approximate surface area is 163 Å². The van der Waals surface area contributed by atoms with Crippen molar-refractivity contribution in [3.05, 3.63) is 23.3 Å². The lowest BCUT2D eigenvalue weighted by Crippen LogP contribution is -2.30. The molecular formula is C20H33N3O3S. The van der Waals surface area contributed by atoms with Crippen molar-refractivity contribution in [1.82, 2.24) is 9.62 Å². The Morgan fingerprint density at radius 2 is 1.81 bits per heavy atom. The number of carbonyl (C=O) groups excluding carboxylic acids is 1. The van der Waals surface area contributed by atoms with Gasteiger partial charge >= 0.3 is 0 Å². The van der Waals surface area contributed by atoms with Gasteiger partial charge in [-0.3, -0.25) is 4.79 Å². The molecule has 1 aliphatic rings. The molecule has 6 nitrogen and oxygen atoms in total. The molecule has 0 aromatic heterocycles. The molecule has 1 aromatic rings. The van der Waals surface area contributed by atoms with Gasteiger partial charge in [0.25, 0.3) is 0 Å². The van der Waals surface area contributed by atoms with Crippen LogP contribution in [0.25, 0.3) is 0 Å². The molecule has 152 valence electrons. The van der Waals surface area contributed by atoms with E-state index in [-0.39, 0.29) is 10.8 Å². The van der Waals surface area contributed by atoms with E-state index < -0.39 is 10.0 Å². The van der Waals surface area contributed by atoms with Crippen molar-refractivity contribution in [2.45, 2.75) is 58.3 Å². The van der Waals surface area contributed by atoms with Gasteiger partial charge in [0.15, 0.2) is 0 Å². The maximum absolute atomic E-state index is 12.8. The summed E-state index contributed by atoms with van der Waals surface area (Å²) in [5.74, 6) is 0.544. The second-order valence-electron chi connectivity index (χ2n) is 7.28. The summed E-state index contributed by atoms with van der Waals surface area (Å²) in [6.45, 7) is 10.3. The zero-order valence-electron chi connectivity index (χ0n) is 17.0. The molecule has 0 radical (unpaired) electrons. The summed E-state index contributed by atoms with van der Waals surface area (Å²) in [6, 6.07) is 3.28. The molecule has 2 N–H and O–H groups in total. The largest absolute Gasteiger partial charge is 0.326 e. The number of benzene rings is 1. The van der Waals surface area contributed by atoms with E-state index in [1.54, 1.807) is 12.1 Å². The first-order valence-corrected chi connectivity index (χ1v) is 11.4. The second kappa shape index (κ2) is 9.66. The lowest BCUT2D eigenvalue weighted by molar-refractivity contribution is -0.116. The number of amides is 1. The average Bonchev–Trinajstić information content (AvgIpc) is 2.65. The zero-order valence-corrected chi connectivity index (χ0v) is 17.8. The molecule has 0 aliphatic carbocycles. The minimum absolute atomic E-state index is 0.0478. The van der Waals surface area contributed by atoms with Gasteiger partial charge in [0.05, 0.1) is 4.90 Å². The summed E-state index contributed by atoms with van der Waals surface area (Å²) in [6.07, 6.45) is 3.57. The van der Waals surface area contributed by atoms with Gasteiger partial charge in [-0.25, -0.2) is 8.42 Å². The Kier molecular flexibility index (Phi) is 7.82. The highest BCUT2D eigenvalue weighted by Gasteiger charge is 2.23. The molecule has 0 bridgehead atoms. The van der Waals surface area contributed by atoms with Crippen molar-refractivity contribution in [2.75, 3.05) is 31.5 Å². The van der Waals surface area contributed by atoms with Gasteiger partial charge in [0.2, 0.25) is 15.9 Å². The highest BCUT2D eigenvalue weighted by Crippen LogP contribution is 2.27. The van der Waals surface area contributed by atoms with Crippen molar-refractivity contribution < 1.29 is 13.2 Å². The number of aryl methyl sites for hydroxylation is 1. The van der Waals surface area contributed by atoms with E-state index in [2.05, 4.69) is 10.6 Å². The van der Waals surface area contributed by atoms with E-state index in [9.17, 15) is 13.2 Å². The standard InChI is InChI=1S/C20H33N3O3S/c1-5-23(6-2)27(25,26)18-13-15(3)16(4)19(14-18)22-20(24)8-7-17-9-11-21-12-10-17/h13-14,17,21H,5-12H2,1-4H3,(H,22,24). The SMILES string of the molecule is CCN(CC)S(=O)(=O)c1cc(C)c(C)c(NC(=O)CCC2CCNCC2)c1. The molecule has 27 heavy (non-hydrogen) atoms. The Balaban J connectivity index is 2.14. The number of carbonyl (C=O) groups is 1. The van der Waals surface area contributed by atoms with Gasteiger partial charge in [-0.05, 0) is 75.4 Å². The summed E-state index contributed by atoms with van der Waals surface area (Å²) in [7, 11) is -3.55. The normalized spacial score (nSPS) is 15.9. The predicted molar refractivity (Wildman–Crippen MR) is 109 cm³/mol. The average molecular weight is 396 g/mol. The fourth-order valence-corrected chi connectivity index (χ4v) is 5.11. The summed E-state index contributed by atoms with van der Waals surface area (Å²) in [5, 5.41) is 6.27. The predicted octanol–water partition coefficient (Wildman–Crippen LogP) is 3.05. The van der Waals surface area contributed by atoms with Crippen molar-refractivity contribution in [1.29, 1.82) is 0 Å². The quantitative estimate of drug-likeness (QED) is 0.709. The van der Waals surface area contributed by atoms with Crippen LogP contribution in [0.1, 0.15) is 50.7 Å². The van der Waals surface area contributed by atoms with E-state index in [0.29, 0.717) is 31.1 Å². The van der Waals surface area contributed by atoms with E-state index in [1.807, 2.05) is 27.7 Å². The number of sulfonamides is 1. The number of rotatable bonds is 8. The molecule has 0 atom stereocenters. The van der Waals surface area contributed by atoms with E-state index >= 15 is 0 Å². The summed E-state index contributed by atoms with van der Waals surface area (Å²) < 4.78 is 27.1. The summed E-state index contributed by atoms with van der Waals surface area (Å²) in [4.78, 5) is 12.7. The molecule has 1 heterocycles. The van der Waals surface area contributed by atoms with Crippen LogP contribution in [0.15, 0.2) is 17.0 Å². The first-order chi connectivity index (χ1) is 12.8. The lowest BCUT2D eigenvalue weighted by atomic mass is 9.93. The van der Waals surface area contributed by atoms with Crippen LogP contribution in [0.3, 0.4) is 0 Å². The molecule has 7 heteroatoms. The highest BCUT2D eigenvalue weighted by atomic mass is 32.2. The van der Waals surface area contributed by atoms with E-state index in [4.69, 9.17) is 0 Å². The number of nitrogens with one attached hydrogen (secondary N) is 2. The van der Waals surface area contributed by atoms with Crippen LogP contribution in [0.2, 0.25) is 0 Å². The summed E-state index contributed by atoms with van der Waals surface area (Å²) >= 11 is 0. The first kappa shape index (κ1) is 21.9. The number of piperidine rings is 1. The Hall–Kier alpha value is -1.44. The highest BCUT2D eigenvalue weighted by molar-refractivity contribution is 7.89. The first-order valence-electron chi connectivity index (χ1n) is 9.91. The lowest BCUT2D eigenvalue weighted by Gasteiger charge is -2.22. The molecule has 0 spiro atoms. The Morgan fingerprint density at radius 3 is 2.41 bits per heavy atom. The number of nitrogens with zero attached hydrogens (tertiary/aromatic N) is 1. The van der Waals surface area contributed by atoms with Crippen LogP contribution < -0.4 is 10.6 Å². The van der Waals surface area contributed by atoms with Gasteiger partial charge in [-0.15, -0.1) is 0 Å². The van der Waals surface area contributed by atoms with Crippen molar-refractivity contribution in [3.63, 3.8) is 0 Å². The van der Waals surface area contributed by atoms with E-state index in [0.717, 1.165) is 43.5 Å². The molecule has 1 aromatic carbocycles. The van der Waals surface area contributed by atoms with Crippen LogP contribution in [0, 0.1) is 19.8 Å². The third-order valence-corrected chi connectivity index (χ3v) is 7.52. The molecule has 0 unspecified atom stereocenters. The molecule has 1 amide bonds. The third kappa shape index (κ3) is 5.53. The maximum atomic E-state index is 12.8. The van der Waals surface area contributed by atoms with Crippen LogP contribution >= 0.6 is 0 Å². The molecule has 1 fully saturated rings. The summed E-state index contributed by atoms with van der Waals surface area (Å²) in [5.41, 5.74) is 2.36. The van der Waals surface area contributed by atoms with Gasteiger partial charge in [-0.2, -0.15) is 4.31 Å². The van der Waals surface area contributed by atoms with Crippen molar-refractivity contribution in [2.24, 2.45) is 5.92 Å². The zero-order chi connectivity index (χ0) is 20.0. The number of hydrogen-bond donors (Lipinski definition) is 2. The van der Waals surface area contributed by atoms with Gasteiger partial charge in [-0.1, -0.05) is 13.8 Å². The minimum Gasteiger partial charge on any atom is -0.326 e. The van der Waals surface area contributed by atoms with Gasteiger partial charge < -0.3 is 10.6 Å². The monoisotopic (exact) mass is 395 g/mol. The fourth-order valence-electron chi connectivity index (χ4n) is 3.54. The number of anilines is 1. The van der Waals surface area contributed by atoms with E-state index in [1.165, 1.54) is 4.31 Å². The number of hydrogen-bond acceptors (Lipinski definition) is 4. The molecule has 0 saturated carbocycles. The molecular weight excluding hydrogens is 362 g/mol. The topological polar surface area (TPSA) is 78.5 Å². The molecule has 2 rings (SSSR count). The van der Waals surface area contributed by atoms with Crippen molar-refractivity contribution in [3.8, 4) is 0 Å². The molecule has 1 aliphatic heterocycles. The van der Waals surface area contributed by atoms with Crippen LogP contribution in [-0.4, -0.2) is 44.8 Å². The Morgan fingerprint density at radius 1 is 1.19 bits per heavy atom. The maximum Gasteiger partial charge on any atom is 0.243 e. The minimum atomic E-state index is -3.55. The van der Waals surface area contributed by atoms with Crippen LogP contribution in [-0.2, 0) is 14.8 Å². The fraction of sp³-hybridized carbons (Fsp3) is 0.650. The van der Waals surface area contributed by atoms with Crippen molar-refractivity contribution >= 4 is 21.6 Å². The smallest absolute Gasteiger partial charge is 0.243 e.